The van der Waals surface area contributed by atoms with Gasteiger partial charge in [-0.05, 0) is 50.4 Å². The molecule has 0 saturated carbocycles. The Morgan fingerprint density at radius 2 is 1.94 bits per heavy atom. The molecular weight excluding hydrogens is 448 g/mol. The molecule has 1 N–H and O–H groups in total. The van der Waals surface area contributed by atoms with Crippen LogP contribution in [0.15, 0.2) is 59.6 Å². The van der Waals surface area contributed by atoms with Crippen molar-refractivity contribution in [1.29, 1.82) is 5.26 Å². The minimum Gasteiger partial charge on any atom is -0.346 e. The predicted molar refractivity (Wildman–Crippen MR) is 132 cm³/mol. The fourth-order valence-electron chi connectivity index (χ4n) is 4.60. The van der Waals surface area contributed by atoms with Gasteiger partial charge < -0.3 is 4.57 Å². The van der Waals surface area contributed by atoms with Crippen molar-refractivity contribution in [2.24, 2.45) is 5.92 Å². The van der Waals surface area contributed by atoms with Gasteiger partial charge in [-0.15, -0.1) is 0 Å². The highest BCUT2D eigenvalue weighted by atomic mass is 32.2. The van der Waals surface area contributed by atoms with E-state index >= 15 is 0 Å². The zero-order valence-corrected chi connectivity index (χ0v) is 20.2. The minimum atomic E-state index is -3.55. The van der Waals surface area contributed by atoms with Gasteiger partial charge in [0.25, 0.3) is 0 Å². The van der Waals surface area contributed by atoms with E-state index in [0.29, 0.717) is 38.2 Å². The summed E-state index contributed by atoms with van der Waals surface area (Å²) in [4.78, 5) is 15.6. The first-order chi connectivity index (χ1) is 16.4. The number of benzene rings is 2. The first kappa shape index (κ1) is 24.1. The topological polar surface area (TPSA) is 95.2 Å². The molecule has 1 aliphatic rings. The molecule has 0 bridgehead atoms. The summed E-state index contributed by atoms with van der Waals surface area (Å²) in [6.07, 6.45) is 4.10. The normalized spacial score (nSPS) is 17.0. The summed E-state index contributed by atoms with van der Waals surface area (Å²) in [6.45, 7) is 4.63. The van der Waals surface area contributed by atoms with E-state index in [1.165, 1.54) is 0 Å². The molecule has 1 atom stereocenters. The van der Waals surface area contributed by atoms with Gasteiger partial charge in [-0.3, -0.25) is 9.69 Å². The van der Waals surface area contributed by atoms with Crippen molar-refractivity contribution < 1.29 is 13.2 Å². The van der Waals surface area contributed by atoms with Gasteiger partial charge in [0.05, 0.1) is 23.9 Å². The van der Waals surface area contributed by atoms with Crippen LogP contribution in [-0.2, 0) is 16.6 Å². The highest BCUT2D eigenvalue weighted by Gasteiger charge is 2.25. The number of carbonyl (C=O) groups is 1. The quantitative estimate of drug-likeness (QED) is 0.473. The van der Waals surface area contributed by atoms with Crippen LogP contribution in [-0.4, -0.2) is 49.8 Å². The van der Waals surface area contributed by atoms with Crippen molar-refractivity contribution in [3.05, 3.63) is 65.9 Å². The lowest BCUT2D eigenvalue weighted by Gasteiger charge is -2.32. The second-order valence-corrected chi connectivity index (χ2v) is 10.8. The number of sulfonamides is 1. The molecule has 0 radical (unpaired) electrons. The SMILES string of the molecule is Cc1ccc(S(=O)(=O)NCC2CCCN(CC(=O)c3cn(CCC#N)c4ccccc34)C2)cc1. The number of fused-ring (bicyclic) bond motifs is 1. The first-order valence-corrected chi connectivity index (χ1v) is 13.1. The molecular formula is C26H30N4O3S. The van der Waals surface area contributed by atoms with Crippen LogP contribution in [0.25, 0.3) is 10.9 Å². The number of nitriles is 1. The van der Waals surface area contributed by atoms with E-state index in [0.717, 1.165) is 35.9 Å². The van der Waals surface area contributed by atoms with Gasteiger partial charge >= 0.3 is 0 Å². The molecule has 7 nitrogen and oxygen atoms in total. The zero-order valence-electron chi connectivity index (χ0n) is 19.4. The van der Waals surface area contributed by atoms with E-state index in [4.69, 9.17) is 5.26 Å². The summed E-state index contributed by atoms with van der Waals surface area (Å²) in [5.41, 5.74) is 2.65. The number of hydrogen-bond acceptors (Lipinski definition) is 5. The Hall–Kier alpha value is -2.99. The third-order valence-corrected chi connectivity index (χ3v) is 7.86. The van der Waals surface area contributed by atoms with E-state index in [9.17, 15) is 13.2 Å². The van der Waals surface area contributed by atoms with Gasteiger partial charge in [0.1, 0.15) is 0 Å². The number of piperidine rings is 1. The number of Topliss-reactive ketones (excluding diaryl/α,β-unsaturated/α-hetero) is 1. The average molecular weight is 479 g/mol. The molecule has 8 heteroatoms. The lowest BCUT2D eigenvalue weighted by molar-refractivity contribution is 0.0889. The minimum absolute atomic E-state index is 0.0489. The molecule has 2 heterocycles. The largest absolute Gasteiger partial charge is 0.346 e. The Labute approximate surface area is 201 Å². The van der Waals surface area contributed by atoms with Gasteiger partial charge in [0.15, 0.2) is 5.78 Å². The summed E-state index contributed by atoms with van der Waals surface area (Å²) in [5.74, 6) is 0.200. The van der Waals surface area contributed by atoms with Crippen LogP contribution in [0.4, 0.5) is 0 Å². The molecule has 1 unspecified atom stereocenters. The van der Waals surface area contributed by atoms with E-state index in [1.807, 2.05) is 42.0 Å². The Kier molecular flexibility index (Phi) is 7.47. The van der Waals surface area contributed by atoms with Crippen molar-refractivity contribution >= 4 is 26.7 Å². The number of likely N-dealkylation sites (tertiary alicyclic amines) is 1. The van der Waals surface area contributed by atoms with Gasteiger partial charge in [-0.25, -0.2) is 13.1 Å². The second kappa shape index (κ2) is 10.5. The van der Waals surface area contributed by atoms with Gasteiger partial charge in [-0.1, -0.05) is 35.9 Å². The second-order valence-electron chi connectivity index (χ2n) is 8.99. The summed E-state index contributed by atoms with van der Waals surface area (Å²) < 4.78 is 30.0. The fourth-order valence-corrected chi connectivity index (χ4v) is 5.72. The summed E-state index contributed by atoms with van der Waals surface area (Å²) >= 11 is 0. The van der Waals surface area contributed by atoms with Crippen LogP contribution >= 0.6 is 0 Å². The highest BCUT2D eigenvalue weighted by molar-refractivity contribution is 7.89. The summed E-state index contributed by atoms with van der Waals surface area (Å²) in [7, 11) is -3.55. The van der Waals surface area contributed by atoms with Gasteiger partial charge in [0.2, 0.25) is 10.0 Å². The van der Waals surface area contributed by atoms with Crippen molar-refractivity contribution in [3.63, 3.8) is 0 Å². The molecule has 1 aliphatic heterocycles. The number of hydrogen-bond donors (Lipinski definition) is 1. The van der Waals surface area contributed by atoms with Crippen LogP contribution in [0.3, 0.4) is 0 Å². The molecule has 4 rings (SSSR count). The third-order valence-electron chi connectivity index (χ3n) is 6.42. The monoisotopic (exact) mass is 478 g/mol. The fraction of sp³-hybridized carbons (Fsp3) is 0.385. The van der Waals surface area contributed by atoms with Gasteiger partial charge in [0, 0.05) is 42.3 Å². The van der Waals surface area contributed by atoms with Crippen molar-refractivity contribution in [3.8, 4) is 6.07 Å². The van der Waals surface area contributed by atoms with Crippen LogP contribution in [0.2, 0.25) is 0 Å². The number of para-hydroxylation sites is 1. The first-order valence-electron chi connectivity index (χ1n) is 11.6. The van der Waals surface area contributed by atoms with Crippen molar-refractivity contribution in [2.75, 3.05) is 26.2 Å². The lowest BCUT2D eigenvalue weighted by atomic mass is 9.97. The molecule has 1 aromatic heterocycles. The van der Waals surface area contributed by atoms with Crippen molar-refractivity contribution in [2.45, 2.75) is 37.6 Å². The van der Waals surface area contributed by atoms with Crippen molar-refractivity contribution in [1.82, 2.24) is 14.2 Å². The Bertz CT molecular complexity index is 1310. The van der Waals surface area contributed by atoms with E-state index < -0.39 is 10.0 Å². The molecule has 1 saturated heterocycles. The maximum Gasteiger partial charge on any atom is 0.240 e. The average Bonchev–Trinajstić information content (AvgIpc) is 3.21. The molecule has 3 aromatic rings. The zero-order chi connectivity index (χ0) is 24.1. The van der Waals surface area contributed by atoms with Crippen LogP contribution in [0.1, 0.15) is 35.2 Å². The van der Waals surface area contributed by atoms with E-state index in [1.54, 1.807) is 24.3 Å². The van der Waals surface area contributed by atoms with Crippen LogP contribution in [0.5, 0.6) is 0 Å². The molecule has 2 aromatic carbocycles. The van der Waals surface area contributed by atoms with E-state index in [-0.39, 0.29) is 16.6 Å². The Balaban J connectivity index is 1.39. The third kappa shape index (κ3) is 5.55. The highest BCUT2D eigenvalue weighted by Crippen LogP contribution is 2.24. The Morgan fingerprint density at radius 3 is 2.71 bits per heavy atom. The molecule has 178 valence electrons. The number of aromatic nitrogens is 1. The maximum absolute atomic E-state index is 13.2. The number of nitrogens with zero attached hydrogens (tertiary/aromatic N) is 3. The molecule has 1 fully saturated rings. The predicted octanol–water partition coefficient (Wildman–Crippen LogP) is 3.74. The van der Waals surface area contributed by atoms with E-state index in [2.05, 4.69) is 15.7 Å². The molecule has 0 spiro atoms. The summed E-state index contributed by atoms with van der Waals surface area (Å²) in [6, 6.07) is 16.8. The maximum atomic E-state index is 13.2. The van der Waals surface area contributed by atoms with Crippen LogP contribution < -0.4 is 4.72 Å². The smallest absolute Gasteiger partial charge is 0.240 e. The number of carbonyl (C=O) groups excluding carboxylic acids is 1. The molecule has 0 amide bonds. The van der Waals surface area contributed by atoms with Gasteiger partial charge in [-0.2, -0.15) is 5.26 Å². The Morgan fingerprint density at radius 1 is 1.18 bits per heavy atom. The number of rotatable bonds is 9. The van der Waals surface area contributed by atoms with Crippen LogP contribution in [0, 0.1) is 24.2 Å². The number of nitrogens with one attached hydrogen (secondary N) is 1. The number of ketones is 1. The molecule has 0 aliphatic carbocycles. The number of aryl methyl sites for hydroxylation is 2. The molecule has 34 heavy (non-hydrogen) atoms. The standard InChI is InChI=1S/C26H30N4O3S/c1-20-9-11-22(12-10-20)34(32,33)28-16-21-6-4-14-29(17-21)19-26(31)24-18-30(15-5-13-27)25-8-3-2-7-23(24)25/h2-3,7-12,18,21,28H,4-6,14-17,19H2,1H3. The summed E-state index contributed by atoms with van der Waals surface area (Å²) in [5, 5.41) is 9.85. The lowest BCUT2D eigenvalue weighted by Crippen LogP contribution is -2.42.